The summed E-state index contributed by atoms with van der Waals surface area (Å²) in [6, 6.07) is 4.94. The average Bonchev–Trinajstić information content (AvgIpc) is 3.22. The van der Waals surface area contributed by atoms with E-state index >= 15 is 0 Å². The van der Waals surface area contributed by atoms with E-state index in [-0.39, 0.29) is 17.3 Å². The number of fused-ring (bicyclic) bond motifs is 2. The number of nitrogens with one attached hydrogen (secondary N) is 2. The van der Waals surface area contributed by atoms with Crippen molar-refractivity contribution in [1.29, 1.82) is 0 Å². The van der Waals surface area contributed by atoms with Gasteiger partial charge in [0.2, 0.25) is 0 Å². The second kappa shape index (κ2) is 5.12. The molecule has 1 amide bonds. The fourth-order valence-electron chi connectivity index (χ4n) is 3.18. The summed E-state index contributed by atoms with van der Waals surface area (Å²) in [6.45, 7) is 0. The number of hydrogen-bond donors (Lipinski definition) is 2. The van der Waals surface area contributed by atoms with Crippen LogP contribution in [0.4, 0.5) is 0 Å². The highest BCUT2D eigenvalue weighted by Gasteiger charge is 2.39. The summed E-state index contributed by atoms with van der Waals surface area (Å²) in [5.74, 6) is 0.571. The molecule has 4 heterocycles. The maximum absolute atomic E-state index is 12.3. The van der Waals surface area contributed by atoms with Crippen molar-refractivity contribution in [2.45, 2.75) is 37.4 Å². The number of nitrogens with zero attached hydrogens (tertiary/aromatic N) is 1. The van der Waals surface area contributed by atoms with Gasteiger partial charge in [-0.1, -0.05) is 0 Å². The largest absolute Gasteiger partial charge is 0.427 e. The third-order valence-electron chi connectivity index (χ3n) is 4.17. The van der Waals surface area contributed by atoms with Crippen molar-refractivity contribution in [2.75, 3.05) is 0 Å². The van der Waals surface area contributed by atoms with Crippen LogP contribution in [-0.4, -0.2) is 29.0 Å². The second-order valence-electron chi connectivity index (χ2n) is 5.50. The molecule has 2 bridgehead atoms. The Morgan fingerprint density at radius 2 is 2.38 bits per heavy atom. The lowest BCUT2D eigenvalue weighted by Gasteiger charge is -2.20. The van der Waals surface area contributed by atoms with Gasteiger partial charge in [0.05, 0.1) is 16.0 Å². The fraction of sp³-hybridized carbons (Fsp3) is 0.429. The Morgan fingerprint density at radius 3 is 3.05 bits per heavy atom. The average molecular weight is 324 g/mol. The van der Waals surface area contributed by atoms with E-state index in [1.165, 1.54) is 17.8 Å². The molecule has 5 nitrogen and oxygen atoms in total. The number of carbonyl (C=O) groups is 1. The Labute approximate surface area is 130 Å². The fourth-order valence-corrected chi connectivity index (χ4v) is 4.17. The molecule has 2 aliphatic rings. The Kier molecular flexibility index (Phi) is 3.24. The molecule has 2 N–H and O–H groups in total. The first-order valence-electron chi connectivity index (χ1n) is 6.97. The van der Waals surface area contributed by atoms with E-state index < -0.39 is 0 Å². The quantitative estimate of drug-likeness (QED) is 0.911. The van der Waals surface area contributed by atoms with Gasteiger partial charge in [-0.2, -0.15) is 0 Å². The molecule has 0 spiro atoms. The molecule has 0 saturated carbocycles. The summed E-state index contributed by atoms with van der Waals surface area (Å²) < 4.78 is 5.26. The summed E-state index contributed by atoms with van der Waals surface area (Å²) in [5, 5.41) is 6.76. The number of oxazole rings is 1. The summed E-state index contributed by atoms with van der Waals surface area (Å²) in [6.07, 6.45) is 4.98. The van der Waals surface area contributed by atoms with Crippen molar-refractivity contribution < 1.29 is 9.21 Å². The van der Waals surface area contributed by atoms with Crippen LogP contribution in [0.15, 0.2) is 22.7 Å². The molecule has 110 valence electrons. The van der Waals surface area contributed by atoms with E-state index in [1.54, 1.807) is 6.20 Å². The monoisotopic (exact) mass is 323 g/mol. The Hall–Kier alpha value is -1.37. The van der Waals surface area contributed by atoms with Crippen molar-refractivity contribution in [1.82, 2.24) is 15.6 Å². The van der Waals surface area contributed by atoms with Crippen molar-refractivity contribution in [2.24, 2.45) is 0 Å². The van der Waals surface area contributed by atoms with Gasteiger partial charge in [0.1, 0.15) is 0 Å². The van der Waals surface area contributed by atoms with E-state index in [4.69, 9.17) is 16.0 Å². The molecule has 2 fully saturated rings. The lowest BCUT2D eigenvalue weighted by Crippen LogP contribution is -2.42. The van der Waals surface area contributed by atoms with Gasteiger partial charge in [-0.15, -0.1) is 11.3 Å². The van der Waals surface area contributed by atoms with Crippen molar-refractivity contribution in [3.63, 3.8) is 0 Å². The van der Waals surface area contributed by atoms with Gasteiger partial charge in [0.15, 0.2) is 5.76 Å². The summed E-state index contributed by atoms with van der Waals surface area (Å²) in [5.41, 5.74) is 0. The molecule has 7 heteroatoms. The number of carbonyl (C=O) groups excluding carboxylic acids is 1. The number of aromatic nitrogens is 1. The van der Waals surface area contributed by atoms with E-state index in [1.807, 2.05) is 12.1 Å². The van der Waals surface area contributed by atoms with Crippen molar-refractivity contribution in [3.05, 3.63) is 28.6 Å². The zero-order valence-electron chi connectivity index (χ0n) is 11.1. The van der Waals surface area contributed by atoms with Crippen LogP contribution in [0.1, 0.15) is 28.9 Å². The Bertz CT molecular complexity index is 683. The lowest BCUT2D eigenvalue weighted by atomic mass is 9.95. The number of rotatable bonds is 3. The SMILES string of the molecule is O=C(N[C@@H]1C[C@H]2CC[C@@H]1N2)c1ccc(-c2cnc(Cl)o2)s1. The minimum Gasteiger partial charge on any atom is -0.427 e. The third-order valence-corrected chi connectivity index (χ3v) is 5.44. The zero-order valence-corrected chi connectivity index (χ0v) is 12.7. The molecule has 21 heavy (non-hydrogen) atoms. The topological polar surface area (TPSA) is 67.2 Å². The van der Waals surface area contributed by atoms with Crippen LogP contribution in [-0.2, 0) is 0 Å². The van der Waals surface area contributed by atoms with Gasteiger partial charge in [-0.3, -0.25) is 4.79 Å². The van der Waals surface area contributed by atoms with Crippen LogP contribution < -0.4 is 10.6 Å². The van der Waals surface area contributed by atoms with Gasteiger partial charge in [0.25, 0.3) is 11.3 Å². The molecule has 0 aliphatic carbocycles. The lowest BCUT2D eigenvalue weighted by molar-refractivity contribution is 0.0935. The van der Waals surface area contributed by atoms with Gasteiger partial charge in [-0.05, 0) is 43.0 Å². The Balaban J connectivity index is 1.46. The highest BCUT2D eigenvalue weighted by molar-refractivity contribution is 7.17. The molecule has 3 atom stereocenters. The molecule has 2 saturated heterocycles. The van der Waals surface area contributed by atoms with Gasteiger partial charge in [-0.25, -0.2) is 4.98 Å². The normalized spacial score (nSPS) is 27.2. The first-order chi connectivity index (χ1) is 10.2. The van der Waals surface area contributed by atoms with Crippen molar-refractivity contribution >= 4 is 28.8 Å². The molecular formula is C14H14ClN3O2S. The third kappa shape index (κ3) is 2.47. The van der Waals surface area contributed by atoms with Gasteiger partial charge >= 0.3 is 0 Å². The number of halogens is 1. The summed E-state index contributed by atoms with van der Waals surface area (Å²) >= 11 is 7.06. The van der Waals surface area contributed by atoms with Crippen LogP contribution in [0.5, 0.6) is 0 Å². The Morgan fingerprint density at radius 1 is 1.48 bits per heavy atom. The first-order valence-corrected chi connectivity index (χ1v) is 8.17. The number of amides is 1. The number of thiophene rings is 1. The molecule has 0 radical (unpaired) electrons. The van der Waals surface area contributed by atoms with Crippen LogP contribution in [0.3, 0.4) is 0 Å². The predicted molar refractivity (Wildman–Crippen MR) is 80.6 cm³/mol. The van der Waals surface area contributed by atoms with Crippen LogP contribution in [0, 0.1) is 0 Å². The van der Waals surface area contributed by atoms with Crippen LogP contribution in [0.25, 0.3) is 10.6 Å². The van der Waals surface area contributed by atoms with Gasteiger partial charge in [0, 0.05) is 18.1 Å². The summed E-state index contributed by atoms with van der Waals surface area (Å²) in [7, 11) is 0. The number of hydrogen-bond acceptors (Lipinski definition) is 5. The maximum Gasteiger partial charge on any atom is 0.292 e. The molecule has 0 aromatic carbocycles. The molecule has 2 aliphatic heterocycles. The molecular weight excluding hydrogens is 310 g/mol. The van der Waals surface area contributed by atoms with Crippen LogP contribution in [0.2, 0.25) is 5.35 Å². The van der Waals surface area contributed by atoms with E-state index in [2.05, 4.69) is 15.6 Å². The minimum atomic E-state index is -0.0174. The molecule has 2 aromatic rings. The van der Waals surface area contributed by atoms with E-state index in [0.717, 1.165) is 17.7 Å². The van der Waals surface area contributed by atoms with E-state index in [9.17, 15) is 4.79 Å². The van der Waals surface area contributed by atoms with E-state index in [0.29, 0.717) is 22.7 Å². The smallest absolute Gasteiger partial charge is 0.292 e. The summed E-state index contributed by atoms with van der Waals surface area (Å²) in [4.78, 5) is 17.7. The van der Waals surface area contributed by atoms with Crippen LogP contribution >= 0.6 is 22.9 Å². The molecule has 2 aromatic heterocycles. The predicted octanol–water partition coefficient (Wildman–Crippen LogP) is 2.68. The highest BCUT2D eigenvalue weighted by Crippen LogP contribution is 2.31. The molecule has 0 unspecified atom stereocenters. The standard InChI is InChI=1S/C14H14ClN3O2S/c15-14-16-6-10(20-14)11-3-4-12(21-11)13(19)18-9-5-7-1-2-8(9)17-7/h3-4,6-9,17H,1-2,5H2,(H,18,19)/t7-,8+,9-/m1/s1. The minimum absolute atomic E-state index is 0.0174. The molecule has 4 rings (SSSR count). The maximum atomic E-state index is 12.3. The van der Waals surface area contributed by atoms with Gasteiger partial charge < -0.3 is 15.1 Å². The zero-order chi connectivity index (χ0) is 14.4. The van der Waals surface area contributed by atoms with Crippen molar-refractivity contribution in [3.8, 4) is 10.6 Å². The second-order valence-corrected chi connectivity index (χ2v) is 6.91. The first kappa shape index (κ1) is 13.3. The highest BCUT2D eigenvalue weighted by atomic mass is 35.5.